The highest BCUT2D eigenvalue weighted by atomic mass is 35.5. The first-order chi connectivity index (χ1) is 25.6. The average Bonchev–Trinajstić information content (AvgIpc) is 3.75. The zero-order valence-electron chi connectivity index (χ0n) is 29.3. The Bertz CT molecular complexity index is 1740. The van der Waals surface area contributed by atoms with E-state index in [0.717, 1.165) is 34.3 Å². The molecule has 2 aromatic carbocycles. The summed E-state index contributed by atoms with van der Waals surface area (Å²) in [5.41, 5.74) is 3.44. The van der Waals surface area contributed by atoms with Crippen molar-refractivity contribution in [2.45, 2.75) is 71.6 Å². The number of imidazole rings is 1. The number of esters is 1. The Morgan fingerprint density at radius 1 is 0.849 bits per heavy atom. The quantitative estimate of drug-likeness (QED) is 0.0430. The van der Waals surface area contributed by atoms with Crippen molar-refractivity contribution in [2.24, 2.45) is 0 Å². The monoisotopic (exact) mass is 762 g/mol. The Kier molecular flexibility index (Phi) is 16.5. The molecule has 288 valence electrons. The highest BCUT2D eigenvalue weighted by Crippen LogP contribution is 2.31. The minimum absolute atomic E-state index is 0.0263. The van der Waals surface area contributed by atoms with Crippen molar-refractivity contribution in [3.05, 3.63) is 70.8 Å². The van der Waals surface area contributed by atoms with Crippen LogP contribution in [-0.4, -0.2) is 99.9 Å². The minimum atomic E-state index is -0.926. The van der Waals surface area contributed by atoms with Crippen LogP contribution in [0.1, 0.15) is 80.5 Å². The first-order valence-electron chi connectivity index (χ1n) is 16.9. The van der Waals surface area contributed by atoms with Crippen LogP contribution in [0.5, 0.6) is 0 Å². The number of aromatic nitrogens is 6. The fourth-order valence-corrected chi connectivity index (χ4v) is 5.33. The number of carbonyl (C=O) groups is 2. The number of unbranched alkanes of at least 4 members (excludes halogenated alkanes) is 3. The summed E-state index contributed by atoms with van der Waals surface area (Å²) in [4.78, 5) is 39.9. The summed E-state index contributed by atoms with van der Waals surface area (Å²) < 4.78 is 17.5. The number of rotatable bonds is 22. The number of hydrogen-bond donors (Lipinski definition) is 4. The zero-order valence-corrected chi connectivity index (χ0v) is 30.0. The fraction of sp³-hybridized carbons (Fsp3) is 0.455. The molecule has 0 saturated heterocycles. The standard InChI is InChI=1S/C33H43ClN8O11/c1-3-4-13-28-35-30(34)29(32(43)49-18-7-9-20-51-41(45)46)39(28)22-24-14-16-25(17-15-24)26-11-5-6-12-27(26)31-36-38-40(37-31)23(2)53-33(44)50-19-8-10-21-52-42(47)48/h5-6,11-12,14-17,23,45-48H,3-4,7-10,13,18-22H2,1-2H3. The molecule has 0 spiro atoms. The fourth-order valence-electron chi connectivity index (χ4n) is 5.06. The van der Waals surface area contributed by atoms with Crippen LogP contribution in [0, 0.1) is 0 Å². The van der Waals surface area contributed by atoms with Gasteiger partial charge < -0.3 is 18.8 Å². The first kappa shape index (κ1) is 41.2. The van der Waals surface area contributed by atoms with E-state index in [0.29, 0.717) is 55.9 Å². The second kappa shape index (κ2) is 21.2. The van der Waals surface area contributed by atoms with E-state index in [1.54, 1.807) is 11.5 Å². The Morgan fingerprint density at radius 3 is 2.11 bits per heavy atom. The second-order valence-corrected chi connectivity index (χ2v) is 11.9. The van der Waals surface area contributed by atoms with Gasteiger partial charge in [-0.25, -0.2) is 14.6 Å². The smallest absolute Gasteiger partial charge is 0.461 e. The summed E-state index contributed by atoms with van der Waals surface area (Å²) in [6.45, 7) is 4.12. The summed E-state index contributed by atoms with van der Waals surface area (Å²) >= 11 is 6.48. The predicted molar refractivity (Wildman–Crippen MR) is 182 cm³/mol. The van der Waals surface area contributed by atoms with Crippen LogP contribution in [0.3, 0.4) is 0 Å². The van der Waals surface area contributed by atoms with Crippen LogP contribution in [-0.2, 0) is 36.9 Å². The summed E-state index contributed by atoms with van der Waals surface area (Å²) in [6, 6.07) is 15.3. The zero-order chi connectivity index (χ0) is 38.2. The van der Waals surface area contributed by atoms with Gasteiger partial charge in [-0.15, -0.1) is 15.0 Å². The van der Waals surface area contributed by atoms with Crippen molar-refractivity contribution >= 4 is 23.7 Å². The van der Waals surface area contributed by atoms with E-state index in [1.165, 1.54) is 0 Å². The molecule has 2 heterocycles. The van der Waals surface area contributed by atoms with Gasteiger partial charge in [0, 0.05) is 18.5 Å². The van der Waals surface area contributed by atoms with Crippen LogP contribution in [0.2, 0.25) is 5.15 Å². The van der Waals surface area contributed by atoms with E-state index < -0.39 is 18.4 Å². The highest BCUT2D eigenvalue weighted by Gasteiger charge is 2.24. The number of tetrazole rings is 1. The SMILES string of the molecule is CCCCc1nc(Cl)c(C(=O)OCCCCON(O)O)n1Cc1ccc(-c2ccccc2-c2nnn(C(C)OC(=O)OCCCCON(O)O)n2)cc1. The van der Waals surface area contributed by atoms with E-state index in [1.807, 2.05) is 48.5 Å². The third-order valence-corrected chi connectivity index (χ3v) is 7.95. The molecule has 2 aromatic heterocycles. The number of aryl methyl sites for hydroxylation is 1. The maximum Gasteiger partial charge on any atom is 0.510 e. The number of nitrogens with zero attached hydrogens (tertiary/aromatic N) is 8. The lowest BCUT2D eigenvalue weighted by molar-refractivity contribution is -0.492. The van der Waals surface area contributed by atoms with Gasteiger partial charge in [-0.3, -0.25) is 30.5 Å². The van der Waals surface area contributed by atoms with E-state index in [2.05, 4.69) is 37.0 Å². The largest absolute Gasteiger partial charge is 0.510 e. The van der Waals surface area contributed by atoms with Crippen molar-refractivity contribution in [3.8, 4) is 22.5 Å². The normalized spacial score (nSPS) is 12.0. The van der Waals surface area contributed by atoms with Crippen molar-refractivity contribution in [1.29, 1.82) is 0 Å². The van der Waals surface area contributed by atoms with E-state index >= 15 is 0 Å². The first-order valence-corrected chi connectivity index (χ1v) is 17.3. The maximum atomic E-state index is 13.1. The maximum absolute atomic E-state index is 13.1. The van der Waals surface area contributed by atoms with Crippen molar-refractivity contribution < 1.29 is 54.3 Å². The van der Waals surface area contributed by atoms with E-state index in [4.69, 9.17) is 46.6 Å². The molecule has 0 amide bonds. The molecule has 0 bridgehead atoms. The molecule has 4 N–H and O–H groups in total. The lowest BCUT2D eigenvalue weighted by atomic mass is 9.98. The number of benzene rings is 2. The number of hydrogen-bond acceptors (Lipinski definition) is 17. The summed E-state index contributed by atoms with van der Waals surface area (Å²) in [6.07, 6.45) is 2.23. The van der Waals surface area contributed by atoms with Crippen molar-refractivity contribution in [2.75, 3.05) is 26.4 Å². The lowest BCUT2D eigenvalue weighted by Crippen LogP contribution is -2.19. The molecule has 53 heavy (non-hydrogen) atoms. The Morgan fingerprint density at radius 2 is 1.47 bits per heavy atom. The topological polar surface area (TPSA) is 229 Å². The third-order valence-electron chi connectivity index (χ3n) is 7.69. The summed E-state index contributed by atoms with van der Waals surface area (Å²) in [7, 11) is 0. The molecular weight excluding hydrogens is 720 g/mol. The number of halogens is 1. The molecule has 0 saturated carbocycles. The van der Waals surface area contributed by atoms with Crippen LogP contribution in [0.25, 0.3) is 22.5 Å². The molecule has 0 aliphatic heterocycles. The minimum Gasteiger partial charge on any atom is -0.461 e. The second-order valence-electron chi connectivity index (χ2n) is 11.6. The van der Waals surface area contributed by atoms with Gasteiger partial charge in [0.2, 0.25) is 12.1 Å². The van der Waals surface area contributed by atoms with Crippen LogP contribution in [0.4, 0.5) is 4.79 Å². The lowest BCUT2D eigenvalue weighted by Gasteiger charge is -2.13. The third kappa shape index (κ3) is 12.8. The van der Waals surface area contributed by atoms with Gasteiger partial charge in [0.1, 0.15) is 5.82 Å². The van der Waals surface area contributed by atoms with Crippen LogP contribution >= 0.6 is 11.6 Å². The Labute approximate surface area is 309 Å². The molecule has 1 unspecified atom stereocenters. The molecule has 0 radical (unpaired) electrons. The van der Waals surface area contributed by atoms with Gasteiger partial charge >= 0.3 is 12.1 Å². The predicted octanol–water partition coefficient (Wildman–Crippen LogP) is 5.66. The molecule has 19 nitrogen and oxygen atoms in total. The van der Waals surface area contributed by atoms with Crippen LogP contribution < -0.4 is 0 Å². The summed E-state index contributed by atoms with van der Waals surface area (Å²) in [5.74, 6) is 0.368. The molecular formula is C33H43ClN8O11. The summed E-state index contributed by atoms with van der Waals surface area (Å²) in [5, 5.41) is 46.3. The number of ether oxygens (including phenoxy) is 3. The number of carbonyl (C=O) groups excluding carboxylic acids is 2. The van der Waals surface area contributed by atoms with Gasteiger partial charge in [-0.05, 0) is 60.9 Å². The van der Waals surface area contributed by atoms with E-state index in [-0.39, 0.29) is 48.1 Å². The molecule has 20 heteroatoms. The van der Waals surface area contributed by atoms with Gasteiger partial charge in [-0.2, -0.15) is 0 Å². The average molecular weight is 763 g/mol. The molecule has 0 aliphatic rings. The van der Waals surface area contributed by atoms with E-state index in [9.17, 15) is 9.59 Å². The highest BCUT2D eigenvalue weighted by molar-refractivity contribution is 6.32. The Hall–Kier alpha value is -4.57. The molecule has 0 fully saturated rings. The van der Waals surface area contributed by atoms with Gasteiger partial charge in [0.05, 0.1) is 37.2 Å². The molecule has 1 atom stereocenters. The van der Waals surface area contributed by atoms with Crippen LogP contribution in [0.15, 0.2) is 48.5 Å². The molecule has 4 aromatic rings. The van der Waals surface area contributed by atoms with Gasteiger partial charge in [0.25, 0.3) is 0 Å². The molecule has 0 aliphatic carbocycles. The Balaban J connectivity index is 1.42. The van der Waals surface area contributed by atoms with Gasteiger partial charge in [0.15, 0.2) is 10.8 Å². The molecule has 4 rings (SSSR count). The van der Waals surface area contributed by atoms with Crippen molar-refractivity contribution in [1.82, 2.24) is 40.5 Å². The van der Waals surface area contributed by atoms with Gasteiger partial charge in [-0.1, -0.05) is 73.5 Å². The van der Waals surface area contributed by atoms with Crippen molar-refractivity contribution in [3.63, 3.8) is 0 Å².